The third-order valence-corrected chi connectivity index (χ3v) is 2.47. The Labute approximate surface area is 119 Å². The van der Waals surface area contributed by atoms with Gasteiger partial charge < -0.3 is 4.84 Å². The van der Waals surface area contributed by atoms with Gasteiger partial charge in [0.1, 0.15) is 12.0 Å². The monoisotopic (exact) mass is 285 g/mol. The molecule has 0 saturated carbocycles. The predicted molar refractivity (Wildman–Crippen MR) is 75.1 cm³/mol. The summed E-state index contributed by atoms with van der Waals surface area (Å²) in [6.07, 6.45) is 1.02. The van der Waals surface area contributed by atoms with E-state index in [9.17, 15) is 14.4 Å². The molecule has 0 atom stereocenters. The van der Waals surface area contributed by atoms with Crippen LogP contribution in [0.1, 0.15) is 41.0 Å². The van der Waals surface area contributed by atoms with Crippen molar-refractivity contribution in [2.24, 2.45) is 10.6 Å². The molecule has 0 aromatic heterocycles. The number of nitrogens with zero attached hydrogens (tertiary/aromatic N) is 2. The highest BCUT2D eigenvalue weighted by molar-refractivity contribution is 6.18. The second-order valence-corrected chi connectivity index (χ2v) is 5.12. The lowest BCUT2D eigenvalue weighted by Gasteiger charge is -2.31. The molecule has 1 rings (SSSR count). The molecule has 0 spiro atoms. The van der Waals surface area contributed by atoms with E-state index >= 15 is 0 Å². The SMILES string of the molecule is CCCON=C(C)C.CN1C(=O)NC(=O)C(C)(C)C1=O. The number of hydrogen-bond donors (Lipinski definition) is 1. The Bertz CT molecular complexity index is 412. The normalized spacial score (nSPS) is 16.9. The van der Waals surface area contributed by atoms with Crippen molar-refractivity contribution in [1.29, 1.82) is 0 Å². The first kappa shape index (κ1) is 18.1. The number of imide groups is 2. The summed E-state index contributed by atoms with van der Waals surface area (Å²) in [5, 5.41) is 5.81. The summed E-state index contributed by atoms with van der Waals surface area (Å²) in [6, 6.07) is -0.663. The summed E-state index contributed by atoms with van der Waals surface area (Å²) in [6.45, 7) is 9.57. The van der Waals surface area contributed by atoms with E-state index in [-0.39, 0.29) is 0 Å². The molecule has 1 N–H and O–H groups in total. The van der Waals surface area contributed by atoms with Gasteiger partial charge in [-0.3, -0.25) is 19.8 Å². The van der Waals surface area contributed by atoms with E-state index in [2.05, 4.69) is 17.4 Å². The topological polar surface area (TPSA) is 88.1 Å². The molecule has 1 fully saturated rings. The van der Waals surface area contributed by atoms with Gasteiger partial charge in [-0.05, 0) is 34.1 Å². The molecule has 0 aliphatic carbocycles. The maximum Gasteiger partial charge on any atom is 0.330 e. The molecule has 7 nitrogen and oxygen atoms in total. The Kier molecular flexibility index (Phi) is 6.89. The van der Waals surface area contributed by atoms with Crippen LogP contribution in [0.25, 0.3) is 0 Å². The van der Waals surface area contributed by atoms with Gasteiger partial charge >= 0.3 is 6.03 Å². The van der Waals surface area contributed by atoms with E-state index in [4.69, 9.17) is 4.84 Å². The molecule has 1 aliphatic rings. The molecule has 0 aromatic rings. The molecule has 0 radical (unpaired) electrons. The number of amides is 4. The van der Waals surface area contributed by atoms with Crippen molar-refractivity contribution in [2.75, 3.05) is 13.7 Å². The molecule has 1 saturated heterocycles. The summed E-state index contributed by atoms with van der Waals surface area (Å²) >= 11 is 0. The van der Waals surface area contributed by atoms with Crippen molar-refractivity contribution in [3.63, 3.8) is 0 Å². The minimum absolute atomic E-state index is 0.476. The quantitative estimate of drug-likeness (QED) is 0.368. The zero-order chi connectivity index (χ0) is 15.9. The number of urea groups is 1. The van der Waals surface area contributed by atoms with Crippen LogP contribution in [0.2, 0.25) is 0 Å². The van der Waals surface area contributed by atoms with Crippen LogP contribution in [-0.4, -0.2) is 42.1 Å². The third kappa shape index (κ3) is 4.99. The van der Waals surface area contributed by atoms with E-state index in [1.165, 1.54) is 20.9 Å². The van der Waals surface area contributed by atoms with Crippen LogP contribution in [0, 0.1) is 5.41 Å². The Balaban J connectivity index is 0.000000396. The third-order valence-electron chi connectivity index (χ3n) is 2.47. The van der Waals surface area contributed by atoms with E-state index in [0.29, 0.717) is 0 Å². The molecule has 1 aliphatic heterocycles. The molecule has 20 heavy (non-hydrogen) atoms. The summed E-state index contributed by atoms with van der Waals surface area (Å²) < 4.78 is 0. The zero-order valence-corrected chi connectivity index (χ0v) is 12.9. The largest absolute Gasteiger partial charge is 0.396 e. The predicted octanol–water partition coefficient (Wildman–Crippen LogP) is 1.53. The van der Waals surface area contributed by atoms with Crippen LogP contribution in [0.5, 0.6) is 0 Å². The van der Waals surface area contributed by atoms with Crippen LogP contribution in [0.4, 0.5) is 4.79 Å². The van der Waals surface area contributed by atoms with Gasteiger partial charge in [0.05, 0.1) is 5.71 Å². The molecule has 114 valence electrons. The van der Waals surface area contributed by atoms with Gasteiger partial charge in [-0.1, -0.05) is 12.1 Å². The summed E-state index contributed by atoms with van der Waals surface area (Å²) in [5.41, 5.74) is -0.165. The minimum Gasteiger partial charge on any atom is -0.396 e. The van der Waals surface area contributed by atoms with Gasteiger partial charge in [0.25, 0.3) is 0 Å². The standard InChI is InChI=1S/C7H10N2O3.C6H13NO/c1-7(2)4(10)8-6(12)9(3)5(7)11;1-4-5-8-7-6(2)3/h1-3H3,(H,8,10,12);4-5H2,1-3H3. The highest BCUT2D eigenvalue weighted by Gasteiger charge is 2.45. The van der Waals surface area contributed by atoms with E-state index in [1.54, 1.807) is 0 Å². The van der Waals surface area contributed by atoms with E-state index < -0.39 is 23.3 Å². The van der Waals surface area contributed by atoms with Crippen LogP contribution >= 0.6 is 0 Å². The maximum absolute atomic E-state index is 11.3. The molecular weight excluding hydrogens is 262 g/mol. The number of nitrogens with one attached hydrogen (secondary N) is 1. The number of oxime groups is 1. The Morgan fingerprint density at radius 2 is 1.85 bits per heavy atom. The van der Waals surface area contributed by atoms with Crippen LogP contribution in [-0.2, 0) is 14.4 Å². The zero-order valence-electron chi connectivity index (χ0n) is 12.9. The van der Waals surface area contributed by atoms with Crippen molar-refractivity contribution < 1.29 is 19.2 Å². The fourth-order valence-corrected chi connectivity index (χ4v) is 1.21. The first-order valence-corrected chi connectivity index (χ1v) is 6.41. The highest BCUT2D eigenvalue weighted by Crippen LogP contribution is 2.21. The number of barbiturate groups is 1. The van der Waals surface area contributed by atoms with Crippen molar-refractivity contribution in [3.8, 4) is 0 Å². The van der Waals surface area contributed by atoms with Crippen molar-refractivity contribution in [3.05, 3.63) is 0 Å². The molecule has 7 heteroatoms. The van der Waals surface area contributed by atoms with Gasteiger partial charge in [-0.15, -0.1) is 0 Å². The molecular formula is C13H23N3O4. The Hall–Kier alpha value is -1.92. The first-order valence-electron chi connectivity index (χ1n) is 6.41. The van der Waals surface area contributed by atoms with Crippen LogP contribution < -0.4 is 5.32 Å². The molecule has 1 heterocycles. The second kappa shape index (κ2) is 7.62. The summed E-state index contributed by atoms with van der Waals surface area (Å²) in [5.74, 6) is -1.02. The Morgan fingerprint density at radius 3 is 2.30 bits per heavy atom. The molecule has 4 amide bonds. The molecule has 0 aromatic carbocycles. The lowest BCUT2D eigenvalue weighted by molar-refractivity contribution is -0.148. The van der Waals surface area contributed by atoms with Crippen molar-refractivity contribution in [1.82, 2.24) is 10.2 Å². The van der Waals surface area contributed by atoms with Gasteiger partial charge in [0.2, 0.25) is 11.8 Å². The van der Waals surface area contributed by atoms with Gasteiger partial charge in [0, 0.05) is 7.05 Å². The fourth-order valence-electron chi connectivity index (χ4n) is 1.21. The molecule has 0 unspecified atom stereocenters. The van der Waals surface area contributed by atoms with E-state index in [1.807, 2.05) is 13.8 Å². The summed E-state index contributed by atoms with van der Waals surface area (Å²) in [4.78, 5) is 39.0. The number of rotatable bonds is 3. The van der Waals surface area contributed by atoms with Crippen molar-refractivity contribution in [2.45, 2.75) is 41.0 Å². The van der Waals surface area contributed by atoms with Gasteiger partial charge in [-0.2, -0.15) is 0 Å². The van der Waals surface area contributed by atoms with Gasteiger partial charge in [0.15, 0.2) is 0 Å². The highest BCUT2D eigenvalue weighted by atomic mass is 16.6. The average molecular weight is 285 g/mol. The van der Waals surface area contributed by atoms with Gasteiger partial charge in [-0.25, -0.2) is 4.79 Å². The smallest absolute Gasteiger partial charge is 0.330 e. The summed E-state index contributed by atoms with van der Waals surface area (Å²) in [7, 11) is 1.34. The number of hydrogen-bond acceptors (Lipinski definition) is 5. The lowest BCUT2D eigenvalue weighted by atomic mass is 9.89. The Morgan fingerprint density at radius 1 is 1.30 bits per heavy atom. The lowest BCUT2D eigenvalue weighted by Crippen LogP contribution is -2.60. The maximum atomic E-state index is 11.3. The van der Waals surface area contributed by atoms with E-state index in [0.717, 1.165) is 23.6 Å². The average Bonchev–Trinajstić information content (AvgIpc) is 2.36. The number of carbonyl (C=O) groups is 3. The van der Waals surface area contributed by atoms with Crippen molar-refractivity contribution >= 4 is 23.6 Å². The first-order chi connectivity index (χ1) is 9.14. The fraction of sp³-hybridized carbons (Fsp3) is 0.692. The minimum atomic E-state index is -1.14. The molecule has 0 bridgehead atoms. The van der Waals surface area contributed by atoms with Crippen LogP contribution in [0.3, 0.4) is 0 Å². The number of carbonyl (C=O) groups excluding carboxylic acids is 3. The second-order valence-electron chi connectivity index (χ2n) is 5.12. The van der Waals surface area contributed by atoms with Crippen LogP contribution in [0.15, 0.2) is 5.16 Å².